The van der Waals surface area contributed by atoms with Crippen LogP contribution in [0.3, 0.4) is 0 Å². The van der Waals surface area contributed by atoms with Gasteiger partial charge in [-0.3, -0.25) is 4.98 Å². The second-order valence-electron chi connectivity index (χ2n) is 4.78. The van der Waals surface area contributed by atoms with Crippen molar-refractivity contribution in [2.45, 2.75) is 32.8 Å². The van der Waals surface area contributed by atoms with Crippen molar-refractivity contribution >= 4 is 0 Å². The lowest BCUT2D eigenvalue weighted by Gasteiger charge is -2.19. The Balaban J connectivity index is 2.01. The summed E-state index contributed by atoms with van der Waals surface area (Å²) >= 11 is 0. The molecule has 1 N–H and O–H groups in total. The molecule has 0 saturated carbocycles. The van der Waals surface area contributed by atoms with Crippen LogP contribution in [-0.2, 0) is 11.2 Å². The third kappa shape index (κ3) is 6.53. The van der Waals surface area contributed by atoms with Crippen LogP contribution in [0.5, 0.6) is 0 Å². The minimum atomic E-state index is -0.0390. The standard InChI is InChI=1S/C13H22N2O/c1-13(2,3)16-11-10-14-9-7-12-6-4-5-8-15-12/h4-6,8,14H,7,9-11H2,1-3H3. The topological polar surface area (TPSA) is 34.1 Å². The maximum atomic E-state index is 5.60. The van der Waals surface area contributed by atoms with E-state index in [1.807, 2.05) is 24.4 Å². The lowest BCUT2D eigenvalue weighted by molar-refractivity contribution is -0.000714. The van der Waals surface area contributed by atoms with Gasteiger partial charge in [-0.15, -0.1) is 0 Å². The molecule has 0 aromatic carbocycles. The minimum Gasteiger partial charge on any atom is -0.375 e. The summed E-state index contributed by atoms with van der Waals surface area (Å²) in [5.74, 6) is 0. The van der Waals surface area contributed by atoms with Gasteiger partial charge < -0.3 is 10.1 Å². The van der Waals surface area contributed by atoms with Crippen LogP contribution < -0.4 is 5.32 Å². The third-order valence-electron chi connectivity index (χ3n) is 2.10. The summed E-state index contributed by atoms with van der Waals surface area (Å²) in [6.45, 7) is 8.81. The van der Waals surface area contributed by atoms with Crippen molar-refractivity contribution < 1.29 is 4.74 Å². The fourth-order valence-electron chi connectivity index (χ4n) is 1.32. The van der Waals surface area contributed by atoms with Gasteiger partial charge in [0, 0.05) is 31.4 Å². The summed E-state index contributed by atoms with van der Waals surface area (Å²) in [4.78, 5) is 4.26. The Labute approximate surface area is 98.2 Å². The van der Waals surface area contributed by atoms with Gasteiger partial charge in [-0.2, -0.15) is 0 Å². The fourth-order valence-corrected chi connectivity index (χ4v) is 1.32. The van der Waals surface area contributed by atoms with Crippen LogP contribution in [0, 0.1) is 0 Å². The number of ether oxygens (including phenoxy) is 1. The molecule has 0 spiro atoms. The van der Waals surface area contributed by atoms with E-state index in [-0.39, 0.29) is 5.60 Å². The number of hydrogen-bond acceptors (Lipinski definition) is 3. The Morgan fingerprint density at radius 1 is 1.25 bits per heavy atom. The Hall–Kier alpha value is -0.930. The van der Waals surface area contributed by atoms with Gasteiger partial charge in [0.2, 0.25) is 0 Å². The van der Waals surface area contributed by atoms with Gasteiger partial charge in [-0.05, 0) is 32.9 Å². The zero-order chi connectivity index (χ0) is 11.9. The summed E-state index contributed by atoms with van der Waals surface area (Å²) in [5.41, 5.74) is 1.09. The molecule has 0 aliphatic heterocycles. The van der Waals surface area contributed by atoms with Crippen molar-refractivity contribution in [1.29, 1.82) is 0 Å². The van der Waals surface area contributed by atoms with Crippen molar-refractivity contribution in [3.63, 3.8) is 0 Å². The molecule has 3 heteroatoms. The Bertz CT molecular complexity index is 280. The van der Waals surface area contributed by atoms with Gasteiger partial charge in [0.1, 0.15) is 0 Å². The normalized spacial score (nSPS) is 11.7. The molecule has 0 amide bonds. The summed E-state index contributed by atoms with van der Waals surface area (Å²) in [6, 6.07) is 6.01. The molecule has 1 aromatic heterocycles. The van der Waals surface area contributed by atoms with Crippen LogP contribution in [0.15, 0.2) is 24.4 Å². The Morgan fingerprint density at radius 2 is 2.06 bits per heavy atom. The summed E-state index contributed by atoms with van der Waals surface area (Å²) in [6.07, 6.45) is 2.80. The highest BCUT2D eigenvalue weighted by atomic mass is 16.5. The molecule has 0 atom stereocenters. The zero-order valence-corrected chi connectivity index (χ0v) is 10.5. The molecule has 16 heavy (non-hydrogen) atoms. The Morgan fingerprint density at radius 3 is 2.69 bits per heavy atom. The van der Waals surface area contributed by atoms with E-state index >= 15 is 0 Å². The van der Waals surface area contributed by atoms with Crippen LogP contribution in [0.4, 0.5) is 0 Å². The molecule has 1 aromatic rings. The zero-order valence-electron chi connectivity index (χ0n) is 10.5. The van der Waals surface area contributed by atoms with E-state index in [2.05, 4.69) is 31.1 Å². The predicted molar refractivity (Wildman–Crippen MR) is 66.5 cm³/mol. The molecule has 0 unspecified atom stereocenters. The maximum absolute atomic E-state index is 5.60. The number of nitrogens with one attached hydrogen (secondary N) is 1. The Kier molecular flexibility index (Phi) is 5.43. The molecule has 0 aliphatic rings. The van der Waals surface area contributed by atoms with E-state index in [0.29, 0.717) is 0 Å². The van der Waals surface area contributed by atoms with Crippen molar-refractivity contribution in [2.24, 2.45) is 0 Å². The van der Waals surface area contributed by atoms with E-state index in [1.165, 1.54) is 0 Å². The molecule has 0 bridgehead atoms. The van der Waals surface area contributed by atoms with E-state index < -0.39 is 0 Å². The van der Waals surface area contributed by atoms with Crippen LogP contribution in [0.25, 0.3) is 0 Å². The minimum absolute atomic E-state index is 0.0390. The van der Waals surface area contributed by atoms with Crippen LogP contribution in [0.1, 0.15) is 26.5 Å². The molecule has 3 nitrogen and oxygen atoms in total. The van der Waals surface area contributed by atoms with Gasteiger partial charge in [0.25, 0.3) is 0 Å². The average Bonchev–Trinajstić information content (AvgIpc) is 2.23. The first kappa shape index (κ1) is 13.1. The quantitative estimate of drug-likeness (QED) is 0.748. The first-order valence-corrected chi connectivity index (χ1v) is 5.82. The van der Waals surface area contributed by atoms with Gasteiger partial charge >= 0.3 is 0 Å². The number of hydrogen-bond donors (Lipinski definition) is 1. The molecule has 0 saturated heterocycles. The third-order valence-corrected chi connectivity index (χ3v) is 2.10. The molecule has 1 rings (SSSR count). The van der Waals surface area contributed by atoms with E-state index in [0.717, 1.165) is 31.8 Å². The SMILES string of the molecule is CC(C)(C)OCCNCCc1ccccn1. The second-order valence-corrected chi connectivity index (χ2v) is 4.78. The first-order chi connectivity index (χ1) is 7.58. The summed E-state index contributed by atoms with van der Waals surface area (Å²) in [5, 5.41) is 3.34. The monoisotopic (exact) mass is 222 g/mol. The number of pyridine rings is 1. The lowest BCUT2D eigenvalue weighted by atomic mass is 10.2. The van der Waals surface area contributed by atoms with E-state index in [1.54, 1.807) is 0 Å². The maximum Gasteiger partial charge on any atom is 0.0599 e. The predicted octanol–water partition coefficient (Wildman–Crippen LogP) is 2.03. The highest BCUT2D eigenvalue weighted by Gasteiger charge is 2.08. The lowest BCUT2D eigenvalue weighted by Crippen LogP contribution is -2.27. The average molecular weight is 222 g/mol. The van der Waals surface area contributed by atoms with Gasteiger partial charge in [-0.1, -0.05) is 6.07 Å². The molecule has 1 heterocycles. The molecular weight excluding hydrogens is 200 g/mol. The van der Waals surface area contributed by atoms with Gasteiger partial charge in [-0.25, -0.2) is 0 Å². The smallest absolute Gasteiger partial charge is 0.0599 e. The number of nitrogens with zero attached hydrogens (tertiary/aromatic N) is 1. The largest absolute Gasteiger partial charge is 0.375 e. The van der Waals surface area contributed by atoms with E-state index in [9.17, 15) is 0 Å². The van der Waals surface area contributed by atoms with Crippen molar-refractivity contribution in [1.82, 2.24) is 10.3 Å². The molecular formula is C13H22N2O. The molecule has 0 fully saturated rings. The van der Waals surface area contributed by atoms with E-state index in [4.69, 9.17) is 4.74 Å². The van der Waals surface area contributed by atoms with Crippen molar-refractivity contribution in [3.05, 3.63) is 30.1 Å². The first-order valence-electron chi connectivity index (χ1n) is 5.82. The van der Waals surface area contributed by atoms with Crippen molar-refractivity contribution in [3.8, 4) is 0 Å². The highest BCUT2D eigenvalue weighted by Crippen LogP contribution is 2.04. The number of aromatic nitrogens is 1. The van der Waals surface area contributed by atoms with Crippen LogP contribution in [0.2, 0.25) is 0 Å². The summed E-state index contributed by atoms with van der Waals surface area (Å²) in [7, 11) is 0. The molecule has 0 radical (unpaired) electrons. The second kappa shape index (κ2) is 6.61. The molecule has 0 aliphatic carbocycles. The van der Waals surface area contributed by atoms with Crippen LogP contribution in [-0.4, -0.2) is 30.3 Å². The summed E-state index contributed by atoms with van der Waals surface area (Å²) < 4.78 is 5.60. The molecule has 90 valence electrons. The number of rotatable bonds is 6. The van der Waals surface area contributed by atoms with Gasteiger partial charge in [0.15, 0.2) is 0 Å². The fraction of sp³-hybridized carbons (Fsp3) is 0.615. The van der Waals surface area contributed by atoms with Crippen molar-refractivity contribution in [2.75, 3.05) is 19.7 Å². The van der Waals surface area contributed by atoms with Crippen LogP contribution >= 0.6 is 0 Å². The van der Waals surface area contributed by atoms with Gasteiger partial charge in [0.05, 0.1) is 12.2 Å². The highest BCUT2D eigenvalue weighted by molar-refractivity contribution is 5.03.